The normalized spacial score (nSPS) is 15.2. The minimum absolute atomic E-state index is 0.0581. The van der Waals surface area contributed by atoms with E-state index in [0.29, 0.717) is 10.6 Å². The third kappa shape index (κ3) is 3.23. The van der Waals surface area contributed by atoms with Gasteiger partial charge < -0.3 is 9.32 Å². The Balaban J connectivity index is 1.75. The topological polar surface area (TPSA) is 93.7 Å². The molecule has 7 nitrogen and oxygen atoms in total. The highest BCUT2D eigenvalue weighted by Gasteiger charge is 2.43. The molecule has 1 amide bonds. The molecular formula is C24H15ClN2O5. The largest absolute Gasteiger partial charge is 0.450 e. The summed E-state index contributed by atoms with van der Waals surface area (Å²) in [6.07, 6.45) is 0. The van der Waals surface area contributed by atoms with Crippen LogP contribution in [-0.4, -0.2) is 15.7 Å². The van der Waals surface area contributed by atoms with E-state index in [1.165, 1.54) is 29.2 Å². The van der Waals surface area contributed by atoms with Crippen LogP contribution in [0, 0.1) is 10.1 Å². The Morgan fingerprint density at radius 3 is 2.53 bits per heavy atom. The van der Waals surface area contributed by atoms with Gasteiger partial charge >= 0.3 is 0 Å². The molecule has 3 aromatic carbocycles. The summed E-state index contributed by atoms with van der Waals surface area (Å²) >= 11 is 6.08. The summed E-state index contributed by atoms with van der Waals surface area (Å²) in [5, 5.41) is 12.0. The van der Waals surface area contributed by atoms with Crippen LogP contribution in [0.1, 0.15) is 33.3 Å². The van der Waals surface area contributed by atoms with Gasteiger partial charge in [0.05, 0.1) is 21.9 Å². The van der Waals surface area contributed by atoms with E-state index in [1.54, 1.807) is 18.2 Å². The van der Waals surface area contributed by atoms with E-state index < -0.39 is 16.9 Å². The molecule has 0 fully saturated rings. The summed E-state index contributed by atoms with van der Waals surface area (Å²) in [5.74, 6) is -0.508. The minimum Gasteiger partial charge on any atom is -0.450 e. The molecule has 158 valence electrons. The van der Waals surface area contributed by atoms with E-state index in [-0.39, 0.29) is 40.0 Å². The van der Waals surface area contributed by atoms with Gasteiger partial charge in [-0.2, -0.15) is 0 Å². The van der Waals surface area contributed by atoms with Gasteiger partial charge in [-0.3, -0.25) is 19.7 Å². The molecule has 0 saturated carbocycles. The predicted molar refractivity (Wildman–Crippen MR) is 119 cm³/mol. The number of nitro benzene ring substituents is 1. The van der Waals surface area contributed by atoms with Crippen LogP contribution in [0.15, 0.2) is 82.0 Å². The Morgan fingerprint density at radius 2 is 1.78 bits per heavy atom. The second-order valence-corrected chi connectivity index (χ2v) is 7.92. The van der Waals surface area contributed by atoms with Crippen LogP contribution in [-0.2, 0) is 6.54 Å². The highest BCUT2D eigenvalue weighted by Crippen LogP contribution is 2.40. The highest BCUT2D eigenvalue weighted by atomic mass is 35.5. The number of benzene rings is 3. The van der Waals surface area contributed by atoms with Crippen molar-refractivity contribution in [3.8, 4) is 0 Å². The molecular weight excluding hydrogens is 432 g/mol. The molecule has 5 rings (SSSR count). The summed E-state index contributed by atoms with van der Waals surface area (Å²) < 4.78 is 5.87. The van der Waals surface area contributed by atoms with Gasteiger partial charge in [0.1, 0.15) is 5.58 Å². The molecule has 1 atom stereocenters. The van der Waals surface area contributed by atoms with Crippen LogP contribution in [0.3, 0.4) is 0 Å². The Kier molecular flexibility index (Phi) is 4.75. The molecule has 0 aliphatic carbocycles. The van der Waals surface area contributed by atoms with Crippen molar-refractivity contribution in [3.63, 3.8) is 0 Å². The lowest BCUT2D eigenvalue weighted by atomic mass is 9.98. The van der Waals surface area contributed by atoms with E-state index >= 15 is 0 Å². The molecule has 0 bridgehead atoms. The van der Waals surface area contributed by atoms with Crippen molar-refractivity contribution >= 4 is 34.2 Å². The highest BCUT2D eigenvalue weighted by molar-refractivity contribution is 6.31. The van der Waals surface area contributed by atoms with Gasteiger partial charge in [0.15, 0.2) is 5.43 Å². The molecule has 0 spiro atoms. The maximum Gasteiger partial charge on any atom is 0.291 e. The molecule has 1 aromatic heterocycles. The van der Waals surface area contributed by atoms with Gasteiger partial charge in [-0.25, -0.2) is 0 Å². The van der Waals surface area contributed by atoms with Crippen LogP contribution < -0.4 is 5.43 Å². The Bertz CT molecular complexity index is 1450. The fourth-order valence-corrected chi connectivity index (χ4v) is 4.26. The number of hydrogen-bond donors (Lipinski definition) is 0. The number of carbonyl (C=O) groups is 1. The summed E-state index contributed by atoms with van der Waals surface area (Å²) in [7, 11) is 0. The zero-order valence-corrected chi connectivity index (χ0v) is 17.3. The number of nitro groups is 1. The van der Waals surface area contributed by atoms with Gasteiger partial charge in [-0.1, -0.05) is 54.1 Å². The molecule has 0 saturated heterocycles. The predicted octanol–water partition coefficient (Wildman–Crippen LogP) is 5.10. The fraction of sp³-hybridized carbons (Fsp3) is 0.0833. The number of fused-ring (bicyclic) bond motifs is 2. The molecule has 32 heavy (non-hydrogen) atoms. The second kappa shape index (κ2) is 7.62. The van der Waals surface area contributed by atoms with Crippen molar-refractivity contribution in [2.24, 2.45) is 0 Å². The lowest BCUT2D eigenvalue weighted by molar-refractivity contribution is -0.384. The van der Waals surface area contributed by atoms with Gasteiger partial charge in [0.25, 0.3) is 11.6 Å². The monoisotopic (exact) mass is 446 g/mol. The third-order valence-electron chi connectivity index (χ3n) is 5.52. The molecule has 0 unspecified atom stereocenters. The number of amides is 1. The number of hydrogen-bond acceptors (Lipinski definition) is 5. The third-order valence-corrected chi connectivity index (χ3v) is 5.76. The Hall–Kier alpha value is -3.97. The molecule has 4 aromatic rings. The maximum atomic E-state index is 13.5. The van der Waals surface area contributed by atoms with Crippen LogP contribution in [0.25, 0.3) is 11.0 Å². The van der Waals surface area contributed by atoms with Gasteiger partial charge in [0.2, 0.25) is 5.76 Å². The van der Waals surface area contributed by atoms with Gasteiger partial charge in [0, 0.05) is 23.7 Å². The van der Waals surface area contributed by atoms with E-state index in [0.717, 1.165) is 5.56 Å². The summed E-state index contributed by atoms with van der Waals surface area (Å²) in [6.45, 7) is 0.202. The average molecular weight is 447 g/mol. The average Bonchev–Trinajstić information content (AvgIpc) is 3.07. The van der Waals surface area contributed by atoms with Crippen LogP contribution >= 0.6 is 11.6 Å². The molecule has 0 radical (unpaired) electrons. The second-order valence-electron chi connectivity index (χ2n) is 7.49. The van der Waals surface area contributed by atoms with E-state index in [1.807, 2.05) is 30.3 Å². The van der Waals surface area contributed by atoms with E-state index in [2.05, 4.69) is 0 Å². The number of halogens is 1. The number of carbonyl (C=O) groups excluding carboxylic acids is 1. The smallest absolute Gasteiger partial charge is 0.291 e. The molecule has 2 heterocycles. The molecule has 1 aliphatic heterocycles. The van der Waals surface area contributed by atoms with Crippen molar-refractivity contribution in [2.45, 2.75) is 12.6 Å². The molecule has 8 heteroatoms. The first-order valence-electron chi connectivity index (χ1n) is 9.79. The quantitative estimate of drug-likeness (QED) is 0.321. The van der Waals surface area contributed by atoms with E-state index in [4.69, 9.17) is 16.0 Å². The minimum atomic E-state index is -0.836. The van der Waals surface area contributed by atoms with E-state index in [9.17, 15) is 19.7 Å². The molecule has 1 aliphatic rings. The SMILES string of the molecule is O=C1c2oc3ccc(Cl)cc3c(=O)c2[C@@H](c2cccc([N+](=O)[O-])c2)N1Cc1ccccc1. The Labute approximate surface area is 186 Å². The lowest BCUT2D eigenvalue weighted by Crippen LogP contribution is -2.29. The van der Waals surface area contributed by atoms with Crippen LogP contribution in [0.4, 0.5) is 5.69 Å². The van der Waals surface area contributed by atoms with Crippen molar-refractivity contribution in [1.82, 2.24) is 4.90 Å². The van der Waals surface area contributed by atoms with Crippen molar-refractivity contribution < 1.29 is 14.1 Å². The zero-order valence-electron chi connectivity index (χ0n) is 16.5. The van der Waals surface area contributed by atoms with Crippen molar-refractivity contribution in [2.75, 3.05) is 0 Å². The number of rotatable bonds is 4. The molecule has 0 N–H and O–H groups in total. The number of nitrogens with zero attached hydrogens (tertiary/aromatic N) is 2. The Morgan fingerprint density at radius 1 is 1.00 bits per heavy atom. The summed E-state index contributed by atoms with van der Waals surface area (Å²) in [5.41, 5.74) is 1.20. The maximum absolute atomic E-state index is 13.5. The summed E-state index contributed by atoms with van der Waals surface area (Å²) in [4.78, 5) is 39.2. The van der Waals surface area contributed by atoms with Gasteiger partial charge in [-0.05, 0) is 29.3 Å². The standard InChI is InChI=1S/C24H15ClN2O5/c25-16-9-10-19-18(12-16)22(28)20-21(15-7-4-8-17(11-15)27(30)31)26(24(29)23(20)32-19)13-14-5-2-1-3-6-14/h1-12,21H,13H2/t21-/m1/s1. The zero-order chi connectivity index (χ0) is 22.4. The van der Waals surface area contributed by atoms with Crippen molar-refractivity contribution in [1.29, 1.82) is 0 Å². The first kappa shape index (κ1) is 20.0. The number of non-ortho nitro benzene ring substituents is 1. The van der Waals surface area contributed by atoms with Gasteiger partial charge in [-0.15, -0.1) is 0 Å². The first-order valence-corrected chi connectivity index (χ1v) is 10.2. The fourth-order valence-electron chi connectivity index (χ4n) is 4.09. The van der Waals surface area contributed by atoms with Crippen LogP contribution in [0.2, 0.25) is 5.02 Å². The summed E-state index contributed by atoms with van der Waals surface area (Å²) in [6, 6.07) is 19.1. The van der Waals surface area contributed by atoms with Crippen molar-refractivity contribution in [3.05, 3.63) is 121 Å². The van der Waals surface area contributed by atoms with Crippen LogP contribution in [0.5, 0.6) is 0 Å². The first-order chi connectivity index (χ1) is 15.4. The lowest BCUT2D eigenvalue weighted by Gasteiger charge is -2.25.